The van der Waals surface area contributed by atoms with E-state index in [1.54, 1.807) is 6.07 Å². The standard InChI is InChI=1S/C13H11FN4O2S/c1-2-21-11-4-10-9(3-8(11)14)16-13(17-10)18-6-7(5-15-18)12(19)20/h3-6H,2H2,1H3,(H,16,17)(H,19,20). The summed E-state index contributed by atoms with van der Waals surface area (Å²) in [6, 6.07) is 3.05. The third kappa shape index (κ3) is 2.49. The fraction of sp³-hybridized carbons (Fsp3) is 0.154. The fourth-order valence-corrected chi connectivity index (χ4v) is 2.62. The molecule has 0 atom stereocenters. The molecule has 3 aromatic rings. The number of thioether (sulfide) groups is 1. The Labute approximate surface area is 123 Å². The van der Waals surface area contributed by atoms with E-state index < -0.39 is 5.97 Å². The quantitative estimate of drug-likeness (QED) is 0.724. The van der Waals surface area contributed by atoms with Gasteiger partial charge in [-0.2, -0.15) is 5.10 Å². The summed E-state index contributed by atoms with van der Waals surface area (Å²) >= 11 is 1.40. The van der Waals surface area contributed by atoms with E-state index in [1.807, 2.05) is 6.92 Å². The van der Waals surface area contributed by atoms with E-state index in [0.717, 1.165) is 5.75 Å². The van der Waals surface area contributed by atoms with E-state index in [-0.39, 0.29) is 11.4 Å². The first-order valence-corrected chi connectivity index (χ1v) is 7.17. The molecule has 3 rings (SSSR count). The molecule has 0 aliphatic carbocycles. The van der Waals surface area contributed by atoms with Gasteiger partial charge in [0.25, 0.3) is 0 Å². The summed E-state index contributed by atoms with van der Waals surface area (Å²) in [5.74, 6) is -0.266. The number of carboxylic acids is 1. The Morgan fingerprint density at radius 1 is 1.52 bits per heavy atom. The van der Waals surface area contributed by atoms with Gasteiger partial charge in [0.05, 0.1) is 22.8 Å². The number of rotatable bonds is 4. The molecule has 0 unspecified atom stereocenters. The van der Waals surface area contributed by atoms with Gasteiger partial charge in [-0.15, -0.1) is 11.8 Å². The van der Waals surface area contributed by atoms with E-state index in [9.17, 15) is 9.18 Å². The zero-order valence-electron chi connectivity index (χ0n) is 11.0. The number of carboxylic acid groups (broad SMARTS) is 1. The largest absolute Gasteiger partial charge is 0.478 e. The fourth-order valence-electron chi connectivity index (χ4n) is 1.92. The molecule has 108 valence electrons. The predicted molar refractivity (Wildman–Crippen MR) is 76.5 cm³/mol. The van der Waals surface area contributed by atoms with Crippen LogP contribution in [0.25, 0.3) is 17.0 Å². The molecule has 1 aromatic carbocycles. The number of hydrogen-bond donors (Lipinski definition) is 2. The molecule has 2 aromatic heterocycles. The highest BCUT2D eigenvalue weighted by Crippen LogP contribution is 2.26. The molecule has 0 amide bonds. The molecule has 0 bridgehead atoms. The van der Waals surface area contributed by atoms with Gasteiger partial charge in [0.2, 0.25) is 5.95 Å². The average Bonchev–Trinajstić information content (AvgIpc) is 3.05. The highest BCUT2D eigenvalue weighted by Gasteiger charge is 2.12. The van der Waals surface area contributed by atoms with E-state index in [0.29, 0.717) is 21.9 Å². The van der Waals surface area contributed by atoms with Crippen molar-refractivity contribution in [1.82, 2.24) is 19.7 Å². The third-order valence-electron chi connectivity index (χ3n) is 2.87. The maximum Gasteiger partial charge on any atom is 0.338 e. The molecular weight excluding hydrogens is 295 g/mol. The Morgan fingerprint density at radius 3 is 3.00 bits per heavy atom. The predicted octanol–water partition coefficient (Wildman–Crippen LogP) is 2.70. The number of H-pyrrole nitrogens is 1. The average molecular weight is 306 g/mol. The van der Waals surface area contributed by atoms with Crippen molar-refractivity contribution in [3.8, 4) is 5.95 Å². The number of imidazole rings is 1. The second-order valence-corrected chi connectivity index (χ2v) is 5.58. The SMILES string of the molecule is CCSc1cc2nc(-n3cc(C(=O)O)cn3)[nH]c2cc1F. The molecule has 0 aliphatic heterocycles. The second kappa shape index (κ2) is 5.21. The molecule has 2 heterocycles. The number of benzene rings is 1. The topological polar surface area (TPSA) is 83.8 Å². The van der Waals surface area contributed by atoms with Crippen LogP contribution in [0, 0.1) is 5.82 Å². The minimum absolute atomic E-state index is 0.0591. The van der Waals surface area contributed by atoms with Gasteiger partial charge >= 0.3 is 5.97 Å². The van der Waals surface area contributed by atoms with Crippen LogP contribution in [-0.4, -0.2) is 36.6 Å². The maximum atomic E-state index is 13.9. The van der Waals surface area contributed by atoms with Crippen LogP contribution in [-0.2, 0) is 0 Å². The Bertz CT molecular complexity index is 827. The number of fused-ring (bicyclic) bond motifs is 1. The molecule has 6 nitrogen and oxygen atoms in total. The molecule has 0 saturated heterocycles. The molecule has 0 fully saturated rings. The monoisotopic (exact) mass is 306 g/mol. The summed E-state index contributed by atoms with van der Waals surface area (Å²) in [6.45, 7) is 1.95. The van der Waals surface area contributed by atoms with Crippen molar-refractivity contribution in [2.75, 3.05) is 5.75 Å². The molecule has 2 N–H and O–H groups in total. The minimum Gasteiger partial charge on any atom is -0.478 e. The van der Waals surface area contributed by atoms with E-state index in [4.69, 9.17) is 5.11 Å². The Hall–Kier alpha value is -2.35. The number of aromatic nitrogens is 4. The van der Waals surface area contributed by atoms with Crippen molar-refractivity contribution in [1.29, 1.82) is 0 Å². The second-order valence-electron chi connectivity index (χ2n) is 4.27. The van der Waals surface area contributed by atoms with E-state index in [2.05, 4.69) is 15.1 Å². The van der Waals surface area contributed by atoms with Gasteiger partial charge in [-0.05, 0) is 11.8 Å². The molecule has 0 spiro atoms. The van der Waals surface area contributed by atoms with E-state index in [1.165, 1.54) is 34.9 Å². The first-order chi connectivity index (χ1) is 10.1. The number of hydrogen-bond acceptors (Lipinski definition) is 4. The van der Waals surface area contributed by atoms with Gasteiger partial charge in [0, 0.05) is 17.2 Å². The van der Waals surface area contributed by atoms with Gasteiger partial charge in [-0.25, -0.2) is 18.9 Å². The maximum absolute atomic E-state index is 13.9. The van der Waals surface area contributed by atoms with Gasteiger partial charge in [-0.1, -0.05) is 6.92 Å². The number of aromatic carboxylic acids is 1. The Morgan fingerprint density at radius 2 is 2.33 bits per heavy atom. The summed E-state index contributed by atoms with van der Waals surface area (Å²) in [6.07, 6.45) is 2.58. The number of nitrogens with zero attached hydrogens (tertiary/aromatic N) is 3. The lowest BCUT2D eigenvalue weighted by atomic mass is 10.3. The van der Waals surface area contributed by atoms with Crippen LogP contribution in [0.2, 0.25) is 0 Å². The first-order valence-electron chi connectivity index (χ1n) is 6.19. The smallest absolute Gasteiger partial charge is 0.338 e. The van der Waals surface area contributed by atoms with Crippen LogP contribution < -0.4 is 0 Å². The number of carbonyl (C=O) groups is 1. The van der Waals surface area contributed by atoms with Crippen molar-refractivity contribution in [2.24, 2.45) is 0 Å². The Kier molecular flexibility index (Phi) is 3.38. The molecular formula is C13H11FN4O2S. The van der Waals surface area contributed by atoms with Crippen LogP contribution in [0.5, 0.6) is 0 Å². The van der Waals surface area contributed by atoms with Crippen molar-refractivity contribution >= 4 is 28.8 Å². The summed E-state index contributed by atoms with van der Waals surface area (Å²) in [7, 11) is 0. The molecule has 0 radical (unpaired) electrons. The molecule has 21 heavy (non-hydrogen) atoms. The van der Waals surface area contributed by atoms with Gasteiger partial charge in [0.1, 0.15) is 5.82 Å². The lowest BCUT2D eigenvalue weighted by molar-refractivity contribution is 0.0697. The normalized spacial score (nSPS) is 11.1. The molecule has 0 saturated carbocycles. The summed E-state index contributed by atoms with van der Waals surface area (Å²) in [4.78, 5) is 18.6. The molecule has 8 heteroatoms. The van der Waals surface area contributed by atoms with Crippen LogP contribution in [0.15, 0.2) is 29.4 Å². The molecule has 0 aliphatic rings. The number of aromatic amines is 1. The summed E-state index contributed by atoms with van der Waals surface area (Å²) in [5, 5.41) is 12.8. The van der Waals surface area contributed by atoms with Crippen molar-refractivity contribution in [3.05, 3.63) is 35.9 Å². The van der Waals surface area contributed by atoms with Crippen LogP contribution in [0.4, 0.5) is 4.39 Å². The summed E-state index contributed by atoms with van der Waals surface area (Å²) in [5.41, 5.74) is 1.20. The van der Waals surface area contributed by atoms with Crippen LogP contribution in [0.1, 0.15) is 17.3 Å². The van der Waals surface area contributed by atoms with Gasteiger partial charge in [0.15, 0.2) is 0 Å². The van der Waals surface area contributed by atoms with Crippen LogP contribution >= 0.6 is 11.8 Å². The van der Waals surface area contributed by atoms with Crippen molar-refractivity contribution in [2.45, 2.75) is 11.8 Å². The van der Waals surface area contributed by atoms with Crippen molar-refractivity contribution < 1.29 is 14.3 Å². The third-order valence-corrected chi connectivity index (χ3v) is 3.78. The Balaban J connectivity index is 2.05. The minimum atomic E-state index is -1.06. The van der Waals surface area contributed by atoms with Gasteiger partial charge < -0.3 is 10.1 Å². The highest BCUT2D eigenvalue weighted by molar-refractivity contribution is 7.99. The van der Waals surface area contributed by atoms with Crippen molar-refractivity contribution in [3.63, 3.8) is 0 Å². The van der Waals surface area contributed by atoms with E-state index >= 15 is 0 Å². The first kappa shape index (κ1) is 13.6. The highest BCUT2D eigenvalue weighted by atomic mass is 32.2. The zero-order valence-corrected chi connectivity index (χ0v) is 11.8. The number of halogens is 1. The summed E-state index contributed by atoms with van der Waals surface area (Å²) < 4.78 is 15.2. The number of nitrogens with one attached hydrogen (secondary N) is 1. The lowest BCUT2D eigenvalue weighted by Crippen LogP contribution is -1.97. The van der Waals surface area contributed by atoms with Crippen LogP contribution in [0.3, 0.4) is 0 Å². The van der Waals surface area contributed by atoms with Gasteiger partial charge in [-0.3, -0.25) is 0 Å². The lowest BCUT2D eigenvalue weighted by Gasteiger charge is -1.99. The zero-order chi connectivity index (χ0) is 15.0.